The fraction of sp³-hybridized carbons (Fsp3) is 0.938. The summed E-state index contributed by atoms with van der Waals surface area (Å²) in [5, 5.41) is 12.6. The molecule has 3 nitrogen and oxygen atoms in total. The van der Waals surface area contributed by atoms with Crippen LogP contribution < -0.4 is 5.32 Å². The van der Waals surface area contributed by atoms with Crippen LogP contribution in [0.1, 0.15) is 59.3 Å². The van der Waals surface area contributed by atoms with Crippen LogP contribution in [0, 0.1) is 17.2 Å². The summed E-state index contributed by atoms with van der Waals surface area (Å²) >= 11 is 0. The molecule has 2 unspecified atom stereocenters. The average Bonchev–Trinajstić information content (AvgIpc) is 2.63. The summed E-state index contributed by atoms with van der Waals surface area (Å²) in [6, 6.07) is 2.43. The van der Waals surface area contributed by atoms with Crippen molar-refractivity contribution in [2.24, 2.45) is 5.92 Å². The van der Waals surface area contributed by atoms with Gasteiger partial charge in [-0.1, -0.05) is 26.7 Å². The predicted molar refractivity (Wildman–Crippen MR) is 81.0 cm³/mol. The molecular weight excluding hydrogens is 234 g/mol. The molecule has 19 heavy (non-hydrogen) atoms. The number of hydrogen-bond donors (Lipinski definition) is 1. The fourth-order valence-corrected chi connectivity index (χ4v) is 3.10. The highest BCUT2D eigenvalue weighted by atomic mass is 15.1. The van der Waals surface area contributed by atoms with Gasteiger partial charge in [0.1, 0.15) is 5.54 Å². The molecule has 0 aromatic carbocycles. The van der Waals surface area contributed by atoms with Gasteiger partial charge in [-0.15, -0.1) is 0 Å². The Morgan fingerprint density at radius 3 is 2.74 bits per heavy atom. The third-order valence-electron chi connectivity index (χ3n) is 4.38. The fourth-order valence-electron chi connectivity index (χ4n) is 3.10. The normalized spacial score (nSPS) is 24.4. The Labute approximate surface area is 119 Å². The molecule has 1 rings (SSSR count). The zero-order chi connectivity index (χ0) is 14.1. The van der Waals surface area contributed by atoms with E-state index in [-0.39, 0.29) is 5.54 Å². The molecule has 1 fully saturated rings. The lowest BCUT2D eigenvalue weighted by Gasteiger charge is -2.27. The van der Waals surface area contributed by atoms with Crippen LogP contribution in [-0.2, 0) is 0 Å². The molecule has 0 aliphatic carbocycles. The highest BCUT2D eigenvalue weighted by Crippen LogP contribution is 2.22. The first-order valence-electron chi connectivity index (χ1n) is 8.02. The van der Waals surface area contributed by atoms with Crippen molar-refractivity contribution in [2.75, 3.05) is 26.2 Å². The molecule has 1 aliphatic heterocycles. The summed E-state index contributed by atoms with van der Waals surface area (Å²) in [5.74, 6) is 0.936. The van der Waals surface area contributed by atoms with Gasteiger partial charge in [0, 0.05) is 6.54 Å². The van der Waals surface area contributed by atoms with E-state index in [1.165, 1.54) is 45.2 Å². The van der Waals surface area contributed by atoms with Crippen molar-refractivity contribution >= 4 is 0 Å². The second-order valence-corrected chi connectivity index (χ2v) is 6.15. The minimum Gasteiger partial charge on any atom is -0.303 e. The van der Waals surface area contributed by atoms with Crippen LogP contribution in [0.5, 0.6) is 0 Å². The first kappa shape index (κ1) is 16.5. The molecule has 0 amide bonds. The molecule has 1 saturated heterocycles. The highest BCUT2D eigenvalue weighted by Gasteiger charge is 2.24. The van der Waals surface area contributed by atoms with Crippen LogP contribution in [0.25, 0.3) is 0 Å². The van der Waals surface area contributed by atoms with Gasteiger partial charge in [0.2, 0.25) is 0 Å². The molecule has 0 aromatic rings. The molecule has 1 N–H and O–H groups in total. The molecular formula is C16H31N3. The lowest BCUT2D eigenvalue weighted by atomic mass is 9.96. The van der Waals surface area contributed by atoms with Crippen molar-refractivity contribution in [3.8, 4) is 6.07 Å². The zero-order valence-corrected chi connectivity index (χ0v) is 13.0. The average molecular weight is 265 g/mol. The van der Waals surface area contributed by atoms with Crippen molar-refractivity contribution in [3.63, 3.8) is 0 Å². The molecule has 0 radical (unpaired) electrons. The molecule has 0 saturated carbocycles. The summed E-state index contributed by atoms with van der Waals surface area (Å²) < 4.78 is 0. The monoisotopic (exact) mass is 265 g/mol. The maximum Gasteiger partial charge on any atom is 0.105 e. The second-order valence-electron chi connectivity index (χ2n) is 6.15. The van der Waals surface area contributed by atoms with E-state index in [1.54, 1.807) is 0 Å². The van der Waals surface area contributed by atoms with E-state index in [4.69, 9.17) is 0 Å². The topological polar surface area (TPSA) is 39.1 Å². The number of rotatable bonds is 7. The summed E-state index contributed by atoms with van der Waals surface area (Å²) in [7, 11) is 0. The molecule has 0 bridgehead atoms. The van der Waals surface area contributed by atoms with Gasteiger partial charge >= 0.3 is 0 Å². The third-order valence-corrected chi connectivity index (χ3v) is 4.38. The molecule has 2 atom stereocenters. The zero-order valence-electron chi connectivity index (χ0n) is 13.0. The van der Waals surface area contributed by atoms with Crippen LogP contribution in [0.15, 0.2) is 0 Å². The lowest BCUT2D eigenvalue weighted by Crippen LogP contribution is -2.43. The lowest BCUT2D eigenvalue weighted by molar-refractivity contribution is 0.250. The van der Waals surface area contributed by atoms with Crippen molar-refractivity contribution in [1.29, 1.82) is 5.26 Å². The van der Waals surface area contributed by atoms with Crippen LogP contribution in [0.4, 0.5) is 0 Å². The minimum absolute atomic E-state index is 0.357. The second kappa shape index (κ2) is 8.55. The summed E-state index contributed by atoms with van der Waals surface area (Å²) in [6.07, 6.45) is 7.70. The molecule has 1 aliphatic rings. The van der Waals surface area contributed by atoms with Crippen LogP contribution >= 0.6 is 0 Å². The maximum atomic E-state index is 9.28. The largest absolute Gasteiger partial charge is 0.303 e. The summed E-state index contributed by atoms with van der Waals surface area (Å²) in [5.41, 5.74) is -0.357. The van der Waals surface area contributed by atoms with E-state index in [0.29, 0.717) is 0 Å². The number of hydrogen-bond acceptors (Lipinski definition) is 3. The third kappa shape index (κ3) is 5.93. The van der Waals surface area contributed by atoms with E-state index in [2.05, 4.69) is 30.1 Å². The molecule has 0 spiro atoms. The minimum atomic E-state index is -0.357. The van der Waals surface area contributed by atoms with Crippen molar-refractivity contribution in [3.05, 3.63) is 0 Å². The van der Waals surface area contributed by atoms with Crippen LogP contribution in [0.2, 0.25) is 0 Å². The summed E-state index contributed by atoms with van der Waals surface area (Å²) in [6.45, 7) is 10.7. The van der Waals surface area contributed by atoms with Gasteiger partial charge in [0.05, 0.1) is 6.07 Å². The van der Waals surface area contributed by atoms with Crippen LogP contribution in [0.3, 0.4) is 0 Å². The smallest absolute Gasteiger partial charge is 0.105 e. The van der Waals surface area contributed by atoms with E-state index in [0.717, 1.165) is 25.4 Å². The van der Waals surface area contributed by atoms with E-state index >= 15 is 0 Å². The predicted octanol–water partition coefficient (Wildman–Crippen LogP) is 3.17. The SMILES string of the molecule is CCCC1CCCN(CCC(C)(C#N)NCC)CC1. The molecule has 110 valence electrons. The van der Waals surface area contributed by atoms with Gasteiger partial charge in [0.15, 0.2) is 0 Å². The molecule has 1 heterocycles. The summed E-state index contributed by atoms with van der Waals surface area (Å²) in [4.78, 5) is 2.56. The first-order chi connectivity index (χ1) is 9.13. The number of likely N-dealkylation sites (tertiary alicyclic amines) is 1. The van der Waals surface area contributed by atoms with Crippen LogP contribution in [-0.4, -0.2) is 36.6 Å². The first-order valence-corrected chi connectivity index (χ1v) is 8.02. The van der Waals surface area contributed by atoms with Crippen molar-refractivity contribution < 1.29 is 0 Å². The van der Waals surface area contributed by atoms with Gasteiger partial charge in [-0.25, -0.2) is 0 Å². The standard InChI is InChI=1S/C16H31N3/c1-4-7-15-8-6-11-19(12-9-15)13-10-16(3,14-17)18-5-2/h15,18H,4-13H2,1-3H3. The Hall–Kier alpha value is -0.590. The Kier molecular flexibility index (Phi) is 7.41. The Balaban J connectivity index is 2.35. The number of nitriles is 1. The van der Waals surface area contributed by atoms with Gasteiger partial charge < -0.3 is 4.90 Å². The van der Waals surface area contributed by atoms with E-state index in [1.807, 2.05) is 6.92 Å². The number of nitrogens with one attached hydrogen (secondary N) is 1. The van der Waals surface area contributed by atoms with Crippen molar-refractivity contribution in [2.45, 2.75) is 64.8 Å². The van der Waals surface area contributed by atoms with Gasteiger partial charge in [-0.2, -0.15) is 5.26 Å². The van der Waals surface area contributed by atoms with E-state index in [9.17, 15) is 5.26 Å². The van der Waals surface area contributed by atoms with Crippen molar-refractivity contribution in [1.82, 2.24) is 10.2 Å². The molecule has 0 aromatic heterocycles. The van der Waals surface area contributed by atoms with E-state index < -0.39 is 0 Å². The highest BCUT2D eigenvalue weighted by molar-refractivity contribution is 5.03. The Bertz CT molecular complexity index is 284. The van der Waals surface area contributed by atoms with Gasteiger partial charge in [-0.3, -0.25) is 5.32 Å². The maximum absolute atomic E-state index is 9.28. The quantitative estimate of drug-likeness (QED) is 0.768. The number of nitrogens with zero attached hydrogens (tertiary/aromatic N) is 2. The molecule has 3 heteroatoms. The Morgan fingerprint density at radius 2 is 2.11 bits per heavy atom. The van der Waals surface area contributed by atoms with Gasteiger partial charge in [0.25, 0.3) is 0 Å². The Morgan fingerprint density at radius 1 is 1.32 bits per heavy atom. The van der Waals surface area contributed by atoms with Gasteiger partial charge in [-0.05, 0) is 58.2 Å².